The molecule has 3 aromatic rings. The average Bonchev–Trinajstić information content (AvgIpc) is 3.20. The van der Waals surface area contributed by atoms with Crippen molar-refractivity contribution in [2.24, 2.45) is 0 Å². The third kappa shape index (κ3) is 2.60. The van der Waals surface area contributed by atoms with Gasteiger partial charge < -0.3 is 19.3 Å². The maximum absolute atomic E-state index is 10.7. The zero-order valence-electron chi connectivity index (χ0n) is 14.2. The Morgan fingerprint density at radius 3 is 2.62 bits per heavy atom. The lowest BCUT2D eigenvalue weighted by atomic mass is 10.1. The summed E-state index contributed by atoms with van der Waals surface area (Å²) in [5.41, 5.74) is 0. The molecular weight excluding hydrogens is 326 g/mol. The third-order valence-electron chi connectivity index (χ3n) is 4.77. The minimum absolute atomic E-state index is 0.0133. The standard InChI is InChI=1S/C16H21N5O2S/c1-10-4-5-12(23-10)13(20-8-6-19(3)7-9-20)14-15(22)21-16(24-14)17-11(2)18-21/h4-5,13,22H,6-9H2,1-3H3/p+2/t13-/m1/s1. The minimum atomic E-state index is -0.0133. The van der Waals surface area contributed by atoms with Gasteiger partial charge in [0, 0.05) is 0 Å². The average molecular weight is 349 g/mol. The van der Waals surface area contributed by atoms with E-state index in [1.165, 1.54) is 16.2 Å². The molecular formula is C16H23N5O2S+2. The molecule has 3 aromatic heterocycles. The molecule has 1 fully saturated rings. The van der Waals surface area contributed by atoms with E-state index in [9.17, 15) is 5.11 Å². The number of aryl methyl sites for hydroxylation is 2. The molecule has 0 saturated carbocycles. The van der Waals surface area contributed by atoms with Crippen LogP contribution in [0.1, 0.15) is 28.3 Å². The highest BCUT2D eigenvalue weighted by Crippen LogP contribution is 2.35. The fourth-order valence-corrected chi connectivity index (χ4v) is 4.61. The SMILES string of the molecule is Cc1nc2sc([C@@H](c3ccc(C)o3)[NH+]3CC[NH+](C)CC3)c(O)n2n1. The van der Waals surface area contributed by atoms with E-state index in [2.05, 4.69) is 17.1 Å². The van der Waals surface area contributed by atoms with Crippen molar-refractivity contribution < 1.29 is 19.3 Å². The molecule has 0 radical (unpaired) electrons. The Kier molecular flexibility index (Phi) is 3.82. The van der Waals surface area contributed by atoms with Crippen molar-refractivity contribution in [1.29, 1.82) is 0 Å². The molecule has 1 saturated heterocycles. The number of aromatic hydroxyl groups is 1. The summed E-state index contributed by atoms with van der Waals surface area (Å²) in [5.74, 6) is 2.65. The number of thiazole rings is 1. The number of nitrogens with zero attached hydrogens (tertiary/aromatic N) is 3. The molecule has 1 aliphatic rings. The van der Waals surface area contributed by atoms with Crippen LogP contribution in [0.3, 0.4) is 0 Å². The molecule has 3 N–H and O–H groups in total. The van der Waals surface area contributed by atoms with Gasteiger partial charge in [0.15, 0.2) is 11.8 Å². The van der Waals surface area contributed by atoms with Gasteiger partial charge in [-0.25, -0.2) is 4.98 Å². The Bertz CT molecular complexity index is 859. The van der Waals surface area contributed by atoms with Crippen LogP contribution in [0.15, 0.2) is 16.5 Å². The predicted octanol–water partition coefficient (Wildman–Crippen LogP) is -0.791. The largest absolute Gasteiger partial charge is 0.492 e. The van der Waals surface area contributed by atoms with Gasteiger partial charge in [-0.15, -0.1) is 5.10 Å². The van der Waals surface area contributed by atoms with Crippen molar-refractivity contribution in [3.8, 4) is 5.88 Å². The normalized spacial score (nSPS) is 23.0. The van der Waals surface area contributed by atoms with E-state index in [0.29, 0.717) is 5.82 Å². The van der Waals surface area contributed by atoms with Crippen molar-refractivity contribution >= 4 is 16.3 Å². The molecule has 0 spiro atoms. The zero-order chi connectivity index (χ0) is 16.8. The first-order chi connectivity index (χ1) is 11.5. The zero-order valence-corrected chi connectivity index (χ0v) is 15.0. The van der Waals surface area contributed by atoms with Crippen molar-refractivity contribution in [1.82, 2.24) is 14.6 Å². The Labute approximate surface area is 144 Å². The van der Waals surface area contributed by atoms with Crippen LogP contribution in [-0.4, -0.2) is 52.9 Å². The Morgan fingerprint density at radius 1 is 1.25 bits per heavy atom. The number of nitrogens with one attached hydrogen (secondary N) is 2. The van der Waals surface area contributed by atoms with Crippen LogP contribution in [0.25, 0.3) is 4.96 Å². The fourth-order valence-electron chi connectivity index (χ4n) is 3.45. The molecule has 4 heterocycles. The third-order valence-corrected chi connectivity index (χ3v) is 5.85. The molecule has 0 amide bonds. The highest BCUT2D eigenvalue weighted by Gasteiger charge is 2.37. The number of rotatable bonds is 3. The molecule has 4 rings (SSSR count). The van der Waals surface area contributed by atoms with Crippen LogP contribution in [0.4, 0.5) is 0 Å². The van der Waals surface area contributed by atoms with Gasteiger partial charge in [-0.05, 0) is 26.0 Å². The number of piperazine rings is 1. The van der Waals surface area contributed by atoms with E-state index >= 15 is 0 Å². The lowest BCUT2D eigenvalue weighted by molar-refractivity contribution is -1.02. The van der Waals surface area contributed by atoms with Crippen LogP contribution in [-0.2, 0) is 0 Å². The van der Waals surface area contributed by atoms with Gasteiger partial charge in [-0.2, -0.15) is 4.52 Å². The summed E-state index contributed by atoms with van der Waals surface area (Å²) in [6, 6.07) is 4.00. The maximum atomic E-state index is 10.7. The van der Waals surface area contributed by atoms with Crippen molar-refractivity contribution in [3.05, 3.63) is 34.4 Å². The Morgan fingerprint density at radius 2 is 2.00 bits per heavy atom. The summed E-state index contributed by atoms with van der Waals surface area (Å²) >= 11 is 1.50. The van der Waals surface area contributed by atoms with Crippen LogP contribution in [0.5, 0.6) is 5.88 Å². The number of fused-ring (bicyclic) bond motifs is 1. The van der Waals surface area contributed by atoms with Gasteiger partial charge in [-0.1, -0.05) is 11.3 Å². The molecule has 0 aromatic carbocycles. The van der Waals surface area contributed by atoms with Crippen LogP contribution >= 0.6 is 11.3 Å². The van der Waals surface area contributed by atoms with E-state index in [1.807, 2.05) is 26.0 Å². The van der Waals surface area contributed by atoms with Gasteiger partial charge in [0.2, 0.25) is 10.8 Å². The molecule has 24 heavy (non-hydrogen) atoms. The summed E-state index contributed by atoms with van der Waals surface area (Å²) in [6.07, 6.45) is 0. The maximum Gasteiger partial charge on any atom is 0.235 e. The van der Waals surface area contributed by atoms with E-state index in [4.69, 9.17) is 4.42 Å². The van der Waals surface area contributed by atoms with Gasteiger partial charge in [0.05, 0.1) is 7.05 Å². The van der Waals surface area contributed by atoms with E-state index in [-0.39, 0.29) is 11.9 Å². The number of likely N-dealkylation sites (N-methyl/N-ethyl adjacent to an activating group) is 1. The van der Waals surface area contributed by atoms with E-state index in [0.717, 1.165) is 47.5 Å². The second-order valence-corrected chi connectivity index (χ2v) is 7.65. The lowest BCUT2D eigenvalue weighted by Gasteiger charge is -2.31. The molecule has 1 atom stereocenters. The van der Waals surface area contributed by atoms with Crippen molar-refractivity contribution in [3.63, 3.8) is 0 Å². The predicted molar refractivity (Wildman–Crippen MR) is 89.9 cm³/mol. The minimum Gasteiger partial charge on any atom is -0.492 e. The number of hydrogen-bond acceptors (Lipinski definition) is 5. The summed E-state index contributed by atoms with van der Waals surface area (Å²) < 4.78 is 7.49. The summed E-state index contributed by atoms with van der Waals surface area (Å²) in [4.78, 5) is 8.99. The number of furan rings is 1. The van der Waals surface area contributed by atoms with Crippen LogP contribution in [0, 0.1) is 13.8 Å². The van der Waals surface area contributed by atoms with Gasteiger partial charge in [0.25, 0.3) is 0 Å². The monoisotopic (exact) mass is 349 g/mol. The second kappa shape index (κ2) is 5.87. The molecule has 128 valence electrons. The second-order valence-electron chi connectivity index (χ2n) is 6.64. The van der Waals surface area contributed by atoms with Crippen LogP contribution < -0.4 is 9.80 Å². The summed E-state index contributed by atoms with van der Waals surface area (Å²) in [7, 11) is 2.23. The highest BCUT2D eigenvalue weighted by atomic mass is 32.1. The molecule has 1 aliphatic heterocycles. The Balaban J connectivity index is 1.78. The smallest absolute Gasteiger partial charge is 0.235 e. The Hall–Kier alpha value is -1.90. The molecule has 7 nitrogen and oxygen atoms in total. The molecule has 0 bridgehead atoms. The molecule has 0 aliphatic carbocycles. The first-order valence-electron chi connectivity index (χ1n) is 8.30. The first kappa shape index (κ1) is 15.6. The number of aromatic nitrogens is 3. The molecule has 0 unspecified atom stereocenters. The quantitative estimate of drug-likeness (QED) is 0.579. The topological polar surface area (TPSA) is 72.4 Å². The van der Waals surface area contributed by atoms with Crippen molar-refractivity contribution in [2.45, 2.75) is 19.9 Å². The highest BCUT2D eigenvalue weighted by molar-refractivity contribution is 7.17. The number of hydrogen-bond donors (Lipinski definition) is 3. The summed E-state index contributed by atoms with van der Waals surface area (Å²) in [6.45, 7) is 8.11. The van der Waals surface area contributed by atoms with Gasteiger partial charge >= 0.3 is 0 Å². The van der Waals surface area contributed by atoms with Gasteiger partial charge in [0.1, 0.15) is 42.6 Å². The molecule has 8 heteroatoms. The lowest BCUT2D eigenvalue weighted by Crippen LogP contribution is -3.27. The van der Waals surface area contributed by atoms with Crippen molar-refractivity contribution in [2.75, 3.05) is 33.2 Å². The van der Waals surface area contributed by atoms with E-state index in [1.54, 1.807) is 9.42 Å². The summed E-state index contributed by atoms with van der Waals surface area (Å²) in [5, 5.41) is 15.0. The fraction of sp³-hybridized carbons (Fsp3) is 0.500. The number of quaternary nitrogens is 2. The van der Waals surface area contributed by atoms with Gasteiger partial charge in [-0.3, -0.25) is 0 Å². The first-order valence-corrected chi connectivity index (χ1v) is 9.12. The van der Waals surface area contributed by atoms with E-state index < -0.39 is 0 Å². The van der Waals surface area contributed by atoms with Crippen LogP contribution in [0.2, 0.25) is 0 Å².